The summed E-state index contributed by atoms with van der Waals surface area (Å²) in [6.45, 7) is 0.974. The summed E-state index contributed by atoms with van der Waals surface area (Å²) in [7, 11) is 1.58. The number of hydrogen-bond donors (Lipinski definition) is 2. The van der Waals surface area contributed by atoms with Crippen molar-refractivity contribution < 1.29 is 14.3 Å². The van der Waals surface area contributed by atoms with Gasteiger partial charge in [-0.15, -0.1) is 0 Å². The molecule has 0 spiro atoms. The molecule has 0 aliphatic carbocycles. The number of nitrogens with two attached hydrogens (primary N) is 1. The topological polar surface area (TPSA) is 73.6 Å². The van der Waals surface area contributed by atoms with E-state index in [9.17, 15) is 4.79 Å². The summed E-state index contributed by atoms with van der Waals surface area (Å²) in [6.07, 6.45) is 0. The van der Waals surface area contributed by atoms with Crippen LogP contribution >= 0.6 is 0 Å². The first kappa shape index (κ1) is 12.3. The predicted octanol–water partition coefficient (Wildman–Crippen LogP) is 0.410. The highest BCUT2D eigenvalue weighted by Gasteiger charge is 2.01. The zero-order chi connectivity index (χ0) is 11.8. The molecule has 5 nitrogen and oxygen atoms in total. The van der Waals surface area contributed by atoms with Crippen molar-refractivity contribution in [2.24, 2.45) is 0 Å². The van der Waals surface area contributed by atoms with Crippen LogP contribution in [0.5, 0.6) is 5.75 Å². The second-order valence-electron chi connectivity index (χ2n) is 3.20. The normalized spacial score (nSPS) is 9.81. The van der Waals surface area contributed by atoms with E-state index in [2.05, 4.69) is 5.32 Å². The van der Waals surface area contributed by atoms with Crippen LogP contribution in [0.15, 0.2) is 24.3 Å². The maximum Gasteiger partial charge on any atom is 0.258 e. The number of ether oxygens (including phenoxy) is 2. The molecule has 3 N–H and O–H groups in total. The Hall–Kier alpha value is -1.75. The molecule has 88 valence electrons. The van der Waals surface area contributed by atoms with Crippen molar-refractivity contribution in [3.63, 3.8) is 0 Å². The maximum atomic E-state index is 11.2. The van der Waals surface area contributed by atoms with Crippen LogP contribution in [0.1, 0.15) is 0 Å². The van der Waals surface area contributed by atoms with E-state index in [1.54, 1.807) is 31.4 Å². The molecule has 0 heterocycles. The molecule has 0 saturated carbocycles. The van der Waals surface area contributed by atoms with E-state index < -0.39 is 0 Å². The monoisotopic (exact) mass is 224 g/mol. The van der Waals surface area contributed by atoms with E-state index >= 15 is 0 Å². The second kappa shape index (κ2) is 6.68. The summed E-state index contributed by atoms with van der Waals surface area (Å²) < 4.78 is 10.0. The minimum atomic E-state index is -0.172. The fraction of sp³-hybridized carbons (Fsp3) is 0.364. The molecule has 1 aromatic rings. The van der Waals surface area contributed by atoms with Gasteiger partial charge in [0, 0.05) is 19.3 Å². The summed E-state index contributed by atoms with van der Waals surface area (Å²) in [4.78, 5) is 11.2. The van der Waals surface area contributed by atoms with Crippen molar-refractivity contribution in [3.05, 3.63) is 24.3 Å². The smallest absolute Gasteiger partial charge is 0.258 e. The van der Waals surface area contributed by atoms with E-state index in [1.165, 1.54) is 0 Å². The third kappa shape index (κ3) is 4.65. The summed E-state index contributed by atoms with van der Waals surface area (Å²) in [5.74, 6) is 0.449. The molecule has 0 aliphatic rings. The van der Waals surface area contributed by atoms with E-state index in [4.69, 9.17) is 15.2 Å². The van der Waals surface area contributed by atoms with Crippen molar-refractivity contribution in [2.75, 3.05) is 32.6 Å². The molecule has 0 radical (unpaired) electrons. The molecule has 0 bridgehead atoms. The molecule has 0 atom stereocenters. The zero-order valence-electron chi connectivity index (χ0n) is 9.23. The minimum absolute atomic E-state index is 0.00632. The Morgan fingerprint density at radius 1 is 1.38 bits per heavy atom. The van der Waals surface area contributed by atoms with Crippen molar-refractivity contribution >= 4 is 11.6 Å². The fourth-order valence-corrected chi connectivity index (χ4v) is 1.06. The van der Waals surface area contributed by atoms with Crippen molar-refractivity contribution in [3.8, 4) is 5.75 Å². The molecule has 1 aromatic carbocycles. The van der Waals surface area contributed by atoms with Gasteiger partial charge in [0.15, 0.2) is 6.61 Å². The number of hydrogen-bond acceptors (Lipinski definition) is 4. The van der Waals surface area contributed by atoms with Gasteiger partial charge in [0.25, 0.3) is 5.91 Å². The van der Waals surface area contributed by atoms with Gasteiger partial charge in [0.2, 0.25) is 0 Å². The average Bonchev–Trinajstić information content (AvgIpc) is 2.29. The highest BCUT2D eigenvalue weighted by molar-refractivity contribution is 5.77. The van der Waals surface area contributed by atoms with Gasteiger partial charge >= 0.3 is 0 Å². The molecule has 0 fully saturated rings. The van der Waals surface area contributed by atoms with Gasteiger partial charge in [-0.1, -0.05) is 0 Å². The van der Waals surface area contributed by atoms with Crippen LogP contribution < -0.4 is 15.8 Å². The Labute approximate surface area is 94.5 Å². The first-order valence-corrected chi connectivity index (χ1v) is 4.96. The SMILES string of the molecule is COCCNC(=O)COc1ccc(N)cc1. The maximum absolute atomic E-state index is 11.2. The van der Waals surface area contributed by atoms with Crippen molar-refractivity contribution in [1.29, 1.82) is 0 Å². The lowest BCUT2D eigenvalue weighted by atomic mass is 10.3. The number of methoxy groups -OCH3 is 1. The molecule has 1 amide bonds. The van der Waals surface area contributed by atoms with E-state index in [0.717, 1.165) is 0 Å². The lowest BCUT2D eigenvalue weighted by Gasteiger charge is -2.07. The molecule has 0 aromatic heterocycles. The predicted molar refractivity (Wildman–Crippen MR) is 61.2 cm³/mol. The summed E-state index contributed by atoms with van der Waals surface area (Å²) >= 11 is 0. The highest BCUT2D eigenvalue weighted by atomic mass is 16.5. The molecule has 0 unspecified atom stereocenters. The molecule has 0 aliphatic heterocycles. The van der Waals surface area contributed by atoms with Gasteiger partial charge in [-0.05, 0) is 24.3 Å². The number of carbonyl (C=O) groups excluding carboxylic acids is 1. The Morgan fingerprint density at radius 2 is 2.06 bits per heavy atom. The standard InChI is InChI=1S/C11H16N2O3/c1-15-7-6-13-11(14)8-16-10-4-2-9(12)3-5-10/h2-5H,6-8,12H2,1H3,(H,13,14). The van der Waals surface area contributed by atoms with Crippen molar-refractivity contribution in [1.82, 2.24) is 5.32 Å². The number of benzene rings is 1. The van der Waals surface area contributed by atoms with Crippen LogP contribution in [0.3, 0.4) is 0 Å². The fourth-order valence-electron chi connectivity index (χ4n) is 1.06. The quantitative estimate of drug-likeness (QED) is 0.542. The van der Waals surface area contributed by atoms with Gasteiger partial charge in [-0.2, -0.15) is 0 Å². The lowest BCUT2D eigenvalue weighted by Crippen LogP contribution is -2.31. The number of amides is 1. The number of nitrogen functional groups attached to an aromatic ring is 1. The number of nitrogens with one attached hydrogen (secondary N) is 1. The molecule has 0 saturated heterocycles. The lowest BCUT2D eigenvalue weighted by molar-refractivity contribution is -0.123. The van der Waals surface area contributed by atoms with Crippen LogP contribution in [0.4, 0.5) is 5.69 Å². The van der Waals surface area contributed by atoms with Gasteiger partial charge in [-0.3, -0.25) is 4.79 Å². The summed E-state index contributed by atoms with van der Waals surface area (Å²) in [5.41, 5.74) is 6.18. The Bertz CT molecular complexity index is 325. The van der Waals surface area contributed by atoms with Crippen LogP contribution in [0, 0.1) is 0 Å². The third-order valence-electron chi connectivity index (χ3n) is 1.88. The third-order valence-corrected chi connectivity index (χ3v) is 1.88. The number of rotatable bonds is 6. The Balaban J connectivity index is 2.23. The largest absolute Gasteiger partial charge is 0.484 e. The van der Waals surface area contributed by atoms with Crippen LogP contribution in [-0.2, 0) is 9.53 Å². The Morgan fingerprint density at radius 3 is 2.69 bits per heavy atom. The van der Waals surface area contributed by atoms with E-state index in [1.807, 2.05) is 0 Å². The minimum Gasteiger partial charge on any atom is -0.484 e. The van der Waals surface area contributed by atoms with Crippen LogP contribution in [-0.4, -0.2) is 32.8 Å². The van der Waals surface area contributed by atoms with Gasteiger partial charge in [0.05, 0.1) is 6.61 Å². The molecule has 1 rings (SSSR count). The highest BCUT2D eigenvalue weighted by Crippen LogP contribution is 2.12. The molecule has 16 heavy (non-hydrogen) atoms. The summed E-state index contributed by atoms with van der Waals surface area (Å²) in [6, 6.07) is 6.88. The molecular weight excluding hydrogens is 208 g/mol. The average molecular weight is 224 g/mol. The number of anilines is 1. The van der Waals surface area contributed by atoms with Crippen LogP contribution in [0.25, 0.3) is 0 Å². The number of carbonyl (C=O) groups is 1. The van der Waals surface area contributed by atoms with Crippen molar-refractivity contribution in [2.45, 2.75) is 0 Å². The first-order valence-electron chi connectivity index (χ1n) is 4.96. The molecule has 5 heteroatoms. The zero-order valence-corrected chi connectivity index (χ0v) is 9.23. The molecular formula is C11H16N2O3. The van der Waals surface area contributed by atoms with Gasteiger partial charge < -0.3 is 20.5 Å². The van der Waals surface area contributed by atoms with Gasteiger partial charge in [0.1, 0.15) is 5.75 Å². The summed E-state index contributed by atoms with van der Waals surface area (Å²) in [5, 5.41) is 2.65. The van der Waals surface area contributed by atoms with E-state index in [-0.39, 0.29) is 12.5 Å². The van der Waals surface area contributed by atoms with Gasteiger partial charge in [-0.25, -0.2) is 0 Å². The second-order valence-corrected chi connectivity index (χ2v) is 3.20. The van der Waals surface area contributed by atoms with E-state index in [0.29, 0.717) is 24.6 Å². The van der Waals surface area contributed by atoms with Crippen LogP contribution in [0.2, 0.25) is 0 Å². The Kier molecular flexibility index (Phi) is 5.15. The first-order chi connectivity index (χ1) is 7.72.